The van der Waals surface area contributed by atoms with E-state index < -0.39 is 58.7 Å². The van der Waals surface area contributed by atoms with E-state index in [-0.39, 0.29) is 64.8 Å². The maximum absolute atomic E-state index is 12.5. The number of ether oxygens (including phenoxy) is 4. The number of hydrogen-bond acceptors (Lipinski definition) is 12. The Morgan fingerprint density at radius 1 is 0.889 bits per heavy atom. The molecule has 0 bridgehead atoms. The lowest BCUT2D eigenvalue weighted by molar-refractivity contribution is -0.154. The molecule has 0 saturated carbocycles. The first-order valence-corrected chi connectivity index (χ1v) is 18.4. The second kappa shape index (κ2) is 26.0. The van der Waals surface area contributed by atoms with Gasteiger partial charge >= 0.3 is 5.97 Å². The highest BCUT2D eigenvalue weighted by molar-refractivity contribution is 6.13. The minimum absolute atomic E-state index is 0.0123. The summed E-state index contributed by atoms with van der Waals surface area (Å²) in [6, 6.07) is -0.964. The molecule has 3 aliphatic rings. The average molecular weight is 772 g/mol. The number of nitrogens with zero attached hydrogens (tertiary/aromatic N) is 1. The summed E-state index contributed by atoms with van der Waals surface area (Å²) in [6.07, 6.45) is 5.80. The van der Waals surface area contributed by atoms with Crippen LogP contribution in [0.5, 0.6) is 0 Å². The van der Waals surface area contributed by atoms with Crippen molar-refractivity contribution in [3.05, 3.63) is 12.2 Å². The standard InChI is InChI=1S/C20H30N4O7.C7H15NO3.C6H10O2.C4H10/c1-20(2,3)31-18(29)9-11-22-19(30)13(5-4-6-14(21)25)23-15(26)10-12-24-16(27)7-8-17(24)28;1-7(2,5-9)11-4-3-6(8)10;1-3-7-6-2-4-8-5(1)6;1-4(2)3/h7-8,13H,4-6,9-12H2,1-3H3,(H2,21,25)(H,22,30)(H,23,26);9H,3-5H2,1-2H3,(H2,8,10);5-6H,1-4H2;4H,1-3H3/t;;5-,6-;/m..1./s1. The van der Waals surface area contributed by atoms with Crippen LogP contribution in [0, 0.1) is 5.92 Å². The number of aliphatic hydroxyl groups excluding tert-OH is 1. The van der Waals surface area contributed by atoms with Gasteiger partial charge in [-0.1, -0.05) is 20.8 Å². The largest absolute Gasteiger partial charge is 0.460 e. The summed E-state index contributed by atoms with van der Waals surface area (Å²) in [5, 5.41) is 13.8. The van der Waals surface area contributed by atoms with Crippen LogP contribution in [0.2, 0.25) is 0 Å². The zero-order chi connectivity index (χ0) is 41.5. The van der Waals surface area contributed by atoms with Crippen molar-refractivity contribution in [2.75, 3.05) is 39.5 Å². The average Bonchev–Trinajstić information content (AvgIpc) is 3.76. The number of primary amides is 2. The summed E-state index contributed by atoms with van der Waals surface area (Å²) in [4.78, 5) is 81.6. The SMILES string of the molecule is C1C[C@H]2OCC[C@H]2O1.CC(C)(C)OC(=O)CCNC(=O)C(CCCC(N)=O)NC(=O)CCN1C(=O)C=CC1=O.CC(C)(CO)OCCC(N)=O.CC(C)C. The Hall–Kier alpha value is -3.93. The molecule has 0 aromatic rings. The van der Waals surface area contributed by atoms with E-state index in [0.717, 1.165) is 49.0 Å². The summed E-state index contributed by atoms with van der Waals surface area (Å²) in [5.74, 6) is -2.65. The van der Waals surface area contributed by atoms with Crippen molar-refractivity contribution < 1.29 is 57.6 Å². The van der Waals surface area contributed by atoms with Crippen LogP contribution in [0.3, 0.4) is 0 Å². The van der Waals surface area contributed by atoms with Crippen molar-refractivity contribution in [2.24, 2.45) is 17.4 Å². The third-order valence-electron chi connectivity index (χ3n) is 7.18. The van der Waals surface area contributed by atoms with E-state index in [9.17, 15) is 33.6 Å². The number of amides is 6. The number of aliphatic hydroxyl groups is 1. The molecule has 6 amide bonds. The zero-order valence-corrected chi connectivity index (χ0v) is 33.4. The Morgan fingerprint density at radius 3 is 1.87 bits per heavy atom. The van der Waals surface area contributed by atoms with E-state index in [0.29, 0.717) is 12.2 Å². The van der Waals surface area contributed by atoms with Gasteiger partial charge < -0.3 is 46.2 Å². The lowest BCUT2D eigenvalue weighted by Gasteiger charge is -2.21. The number of hydrogen-bond donors (Lipinski definition) is 5. The third-order valence-corrected chi connectivity index (χ3v) is 7.18. The van der Waals surface area contributed by atoms with E-state index in [1.807, 2.05) is 0 Å². The fourth-order valence-corrected chi connectivity index (χ4v) is 4.58. The molecule has 2 fully saturated rings. The highest BCUT2D eigenvalue weighted by atomic mass is 16.6. The molecular weight excluding hydrogens is 706 g/mol. The Labute approximate surface area is 319 Å². The fourth-order valence-electron chi connectivity index (χ4n) is 4.58. The number of fused-ring (bicyclic) bond motifs is 1. The second-order valence-electron chi connectivity index (χ2n) is 15.1. The fraction of sp³-hybridized carbons (Fsp3) is 0.757. The molecule has 0 spiro atoms. The number of carbonyl (C=O) groups excluding carboxylic acids is 7. The van der Waals surface area contributed by atoms with Gasteiger partial charge in [-0.2, -0.15) is 0 Å². The highest BCUT2D eigenvalue weighted by Gasteiger charge is 2.33. The van der Waals surface area contributed by atoms with Crippen LogP contribution in [0.15, 0.2) is 12.2 Å². The molecule has 310 valence electrons. The van der Waals surface area contributed by atoms with Gasteiger partial charge in [0.05, 0.1) is 37.4 Å². The molecule has 2 saturated heterocycles. The molecule has 3 rings (SSSR count). The lowest BCUT2D eigenvalue weighted by atomic mass is 10.1. The molecule has 1 unspecified atom stereocenters. The topological polar surface area (TPSA) is 256 Å². The lowest BCUT2D eigenvalue weighted by Crippen LogP contribution is -2.48. The molecule has 3 aliphatic heterocycles. The molecule has 7 N–H and O–H groups in total. The summed E-state index contributed by atoms with van der Waals surface area (Å²) < 4.78 is 21.0. The van der Waals surface area contributed by atoms with Crippen LogP contribution in [0.25, 0.3) is 0 Å². The summed E-state index contributed by atoms with van der Waals surface area (Å²) >= 11 is 0. The van der Waals surface area contributed by atoms with Crippen molar-refractivity contribution in [3.63, 3.8) is 0 Å². The highest BCUT2D eigenvalue weighted by Crippen LogP contribution is 2.25. The van der Waals surface area contributed by atoms with Gasteiger partial charge in [-0.05, 0) is 66.2 Å². The van der Waals surface area contributed by atoms with E-state index >= 15 is 0 Å². The molecule has 3 heterocycles. The van der Waals surface area contributed by atoms with Crippen LogP contribution in [-0.4, -0.2) is 120 Å². The number of carbonyl (C=O) groups is 7. The van der Waals surface area contributed by atoms with Crippen molar-refractivity contribution in [2.45, 2.75) is 136 Å². The molecule has 17 nitrogen and oxygen atoms in total. The van der Waals surface area contributed by atoms with E-state index in [1.54, 1.807) is 34.6 Å². The Kier molecular flexibility index (Phi) is 24.1. The minimum atomic E-state index is -0.964. The van der Waals surface area contributed by atoms with Crippen molar-refractivity contribution >= 4 is 41.4 Å². The summed E-state index contributed by atoms with van der Waals surface area (Å²) in [6.45, 7) is 17.1. The monoisotopic (exact) mass is 771 g/mol. The quantitative estimate of drug-likeness (QED) is 0.103. The predicted molar refractivity (Wildman–Crippen MR) is 199 cm³/mol. The van der Waals surface area contributed by atoms with Crippen LogP contribution < -0.4 is 22.1 Å². The van der Waals surface area contributed by atoms with Crippen LogP contribution in [0.4, 0.5) is 0 Å². The summed E-state index contributed by atoms with van der Waals surface area (Å²) in [5.41, 5.74) is 8.78. The van der Waals surface area contributed by atoms with Gasteiger partial charge in [0.1, 0.15) is 11.6 Å². The summed E-state index contributed by atoms with van der Waals surface area (Å²) in [7, 11) is 0. The van der Waals surface area contributed by atoms with Gasteiger partial charge in [-0.25, -0.2) is 0 Å². The predicted octanol–water partition coefficient (Wildman–Crippen LogP) is 1.17. The van der Waals surface area contributed by atoms with Gasteiger partial charge in [-0.3, -0.25) is 38.5 Å². The van der Waals surface area contributed by atoms with E-state index in [4.69, 9.17) is 35.5 Å². The first kappa shape index (κ1) is 50.1. The van der Waals surface area contributed by atoms with E-state index in [1.165, 1.54) is 0 Å². The first-order chi connectivity index (χ1) is 25.1. The van der Waals surface area contributed by atoms with E-state index in [2.05, 4.69) is 31.4 Å². The van der Waals surface area contributed by atoms with Crippen LogP contribution >= 0.6 is 0 Å². The number of nitrogens with two attached hydrogens (primary N) is 2. The maximum Gasteiger partial charge on any atom is 0.308 e. The smallest absolute Gasteiger partial charge is 0.308 e. The third kappa shape index (κ3) is 25.2. The molecule has 54 heavy (non-hydrogen) atoms. The van der Waals surface area contributed by atoms with Gasteiger partial charge in [-0.15, -0.1) is 0 Å². The maximum atomic E-state index is 12.5. The van der Waals surface area contributed by atoms with Crippen molar-refractivity contribution in [1.82, 2.24) is 15.5 Å². The first-order valence-electron chi connectivity index (χ1n) is 18.4. The molecule has 3 atom stereocenters. The molecule has 17 heteroatoms. The number of esters is 1. The van der Waals surface area contributed by atoms with Crippen LogP contribution in [-0.2, 0) is 52.5 Å². The van der Waals surface area contributed by atoms with Crippen molar-refractivity contribution in [3.8, 4) is 0 Å². The number of imide groups is 1. The molecule has 0 aromatic heterocycles. The normalized spacial score (nSPS) is 17.9. The van der Waals surface area contributed by atoms with Gasteiger partial charge in [0.2, 0.25) is 23.6 Å². The second-order valence-corrected chi connectivity index (χ2v) is 15.1. The Morgan fingerprint density at radius 2 is 1.41 bits per heavy atom. The number of nitrogens with one attached hydrogen (secondary N) is 2. The van der Waals surface area contributed by atoms with Gasteiger partial charge in [0.15, 0.2) is 0 Å². The number of rotatable bonds is 17. The molecule has 0 aliphatic carbocycles. The van der Waals surface area contributed by atoms with Gasteiger partial charge in [0.25, 0.3) is 11.8 Å². The zero-order valence-electron chi connectivity index (χ0n) is 33.4. The Balaban J connectivity index is 0.000000973. The molecule has 0 aromatic carbocycles. The minimum Gasteiger partial charge on any atom is -0.460 e. The molecular formula is C37H65N5O12. The van der Waals surface area contributed by atoms with Crippen molar-refractivity contribution in [1.29, 1.82) is 0 Å². The van der Waals surface area contributed by atoms with Gasteiger partial charge in [0, 0.05) is 57.7 Å². The van der Waals surface area contributed by atoms with Crippen LogP contribution in [0.1, 0.15) is 107 Å². The molecule has 0 radical (unpaired) electrons. The Bertz CT molecular complexity index is 1210.